The van der Waals surface area contributed by atoms with Crippen molar-refractivity contribution in [2.75, 3.05) is 19.7 Å². The fourth-order valence-corrected chi connectivity index (χ4v) is 4.41. The van der Waals surface area contributed by atoms with E-state index in [0.29, 0.717) is 43.0 Å². The van der Waals surface area contributed by atoms with Crippen LogP contribution >= 0.6 is 0 Å². The summed E-state index contributed by atoms with van der Waals surface area (Å²) in [5, 5.41) is 3.18. The molecule has 148 valence electrons. The smallest absolute Gasteiger partial charge is 0.317 e. The number of para-hydroxylation sites is 1. The molecule has 0 unspecified atom stereocenters. The maximum atomic E-state index is 12.8. The lowest BCUT2D eigenvalue weighted by Crippen LogP contribution is -2.49. The third-order valence-electron chi connectivity index (χ3n) is 4.82. The molecule has 0 radical (unpaired) electrons. The highest BCUT2D eigenvalue weighted by Crippen LogP contribution is 2.35. The number of carbonyl (C=O) groups is 1. The zero-order valence-electron chi connectivity index (χ0n) is 15.7. The molecule has 0 bridgehead atoms. The summed E-state index contributed by atoms with van der Waals surface area (Å²) in [7, 11) is -2.56. The number of esters is 1. The van der Waals surface area contributed by atoms with Gasteiger partial charge in [-0.1, -0.05) is 18.2 Å². The van der Waals surface area contributed by atoms with Gasteiger partial charge >= 0.3 is 5.97 Å². The quantitative estimate of drug-likeness (QED) is 0.455. The standard InChI is InChI=1S/C21H23NO5S/c1-2-26-20(23)21(12-14-22-15-13-21)19(28(24)25)16-8-10-18(11-9-16)27-17-6-4-3-5-7-17/h3-11,22H,2,12-15H2,1H3. The van der Waals surface area contributed by atoms with Crippen LogP contribution in [0.15, 0.2) is 54.6 Å². The minimum absolute atomic E-state index is 0.0821. The predicted octanol–water partition coefficient (Wildman–Crippen LogP) is 2.81. The third-order valence-corrected chi connectivity index (χ3v) is 5.78. The molecule has 1 N–H and O–H groups in total. The van der Waals surface area contributed by atoms with Gasteiger partial charge in [0.25, 0.3) is 0 Å². The van der Waals surface area contributed by atoms with Crippen LogP contribution in [0, 0.1) is 5.41 Å². The number of ether oxygens (including phenoxy) is 2. The van der Waals surface area contributed by atoms with Crippen molar-refractivity contribution in [2.24, 2.45) is 5.41 Å². The molecule has 6 nitrogen and oxygen atoms in total. The first kappa shape index (κ1) is 20.1. The molecule has 7 heteroatoms. The van der Waals surface area contributed by atoms with E-state index >= 15 is 0 Å². The Morgan fingerprint density at radius 2 is 1.61 bits per heavy atom. The molecule has 0 aromatic heterocycles. The summed E-state index contributed by atoms with van der Waals surface area (Å²) < 4.78 is 35.4. The van der Waals surface area contributed by atoms with E-state index in [4.69, 9.17) is 9.47 Å². The number of nitrogens with one attached hydrogen (secondary N) is 1. The molecule has 2 aromatic rings. The van der Waals surface area contributed by atoms with Gasteiger partial charge in [-0.05, 0) is 74.8 Å². The zero-order valence-corrected chi connectivity index (χ0v) is 16.5. The van der Waals surface area contributed by atoms with E-state index in [-0.39, 0.29) is 11.5 Å². The van der Waals surface area contributed by atoms with E-state index in [2.05, 4.69) is 5.32 Å². The molecule has 1 saturated heterocycles. The molecule has 0 aliphatic carbocycles. The second-order valence-electron chi connectivity index (χ2n) is 6.56. The van der Waals surface area contributed by atoms with Crippen molar-refractivity contribution in [3.63, 3.8) is 0 Å². The molecule has 1 aliphatic heterocycles. The highest BCUT2D eigenvalue weighted by molar-refractivity contribution is 7.73. The average molecular weight is 401 g/mol. The fourth-order valence-electron chi connectivity index (χ4n) is 3.48. The lowest BCUT2D eigenvalue weighted by Gasteiger charge is -2.35. The summed E-state index contributed by atoms with van der Waals surface area (Å²) >= 11 is 0. The molecular formula is C21H23NO5S. The Morgan fingerprint density at radius 1 is 1.00 bits per heavy atom. The molecule has 0 saturated carbocycles. The van der Waals surface area contributed by atoms with Crippen LogP contribution in [0.1, 0.15) is 25.3 Å². The molecule has 1 heterocycles. The Bertz CT molecular complexity index is 938. The molecule has 1 aliphatic rings. The van der Waals surface area contributed by atoms with Crippen molar-refractivity contribution in [2.45, 2.75) is 19.8 Å². The van der Waals surface area contributed by atoms with Gasteiger partial charge in [-0.3, -0.25) is 4.79 Å². The normalized spacial score (nSPS) is 15.5. The van der Waals surface area contributed by atoms with Crippen LogP contribution in [-0.2, 0) is 19.8 Å². The van der Waals surface area contributed by atoms with E-state index in [9.17, 15) is 13.2 Å². The van der Waals surface area contributed by atoms with Crippen LogP contribution in [-0.4, -0.2) is 38.9 Å². The molecule has 28 heavy (non-hydrogen) atoms. The molecule has 0 spiro atoms. The van der Waals surface area contributed by atoms with Gasteiger partial charge in [-0.2, -0.15) is 8.42 Å². The molecule has 0 amide bonds. The van der Waals surface area contributed by atoms with Gasteiger partial charge in [0.1, 0.15) is 16.9 Å². The van der Waals surface area contributed by atoms with Crippen molar-refractivity contribution in [1.29, 1.82) is 0 Å². The minimum Gasteiger partial charge on any atom is -0.465 e. The minimum atomic E-state index is -2.56. The molecule has 1 fully saturated rings. The monoisotopic (exact) mass is 401 g/mol. The van der Waals surface area contributed by atoms with Crippen molar-refractivity contribution in [3.8, 4) is 11.5 Å². The second kappa shape index (κ2) is 9.03. The van der Waals surface area contributed by atoms with Gasteiger partial charge in [0.2, 0.25) is 10.3 Å². The van der Waals surface area contributed by atoms with Crippen LogP contribution in [0.4, 0.5) is 0 Å². The van der Waals surface area contributed by atoms with E-state index in [0.717, 1.165) is 0 Å². The third kappa shape index (κ3) is 4.26. The average Bonchev–Trinajstić information content (AvgIpc) is 2.71. The van der Waals surface area contributed by atoms with Crippen molar-refractivity contribution < 1.29 is 22.7 Å². The van der Waals surface area contributed by atoms with Crippen LogP contribution in [0.5, 0.6) is 11.5 Å². The topological polar surface area (TPSA) is 81.7 Å². The Kier molecular flexibility index (Phi) is 6.49. The maximum absolute atomic E-state index is 12.8. The van der Waals surface area contributed by atoms with Gasteiger partial charge in [0.15, 0.2) is 0 Å². The van der Waals surface area contributed by atoms with E-state index in [1.807, 2.05) is 30.3 Å². The Labute approximate surface area is 166 Å². The van der Waals surface area contributed by atoms with Gasteiger partial charge in [-0.15, -0.1) is 0 Å². The Hall–Kier alpha value is -2.64. The van der Waals surface area contributed by atoms with Gasteiger partial charge in [0.05, 0.1) is 11.5 Å². The number of hydrogen-bond acceptors (Lipinski definition) is 6. The van der Waals surface area contributed by atoms with Crippen molar-refractivity contribution >= 4 is 21.1 Å². The summed E-state index contributed by atoms with van der Waals surface area (Å²) in [5.41, 5.74) is -0.695. The van der Waals surface area contributed by atoms with E-state index in [1.165, 1.54) is 0 Å². The largest absolute Gasteiger partial charge is 0.465 e. The number of benzene rings is 2. The van der Waals surface area contributed by atoms with Crippen molar-refractivity contribution in [1.82, 2.24) is 5.32 Å². The van der Waals surface area contributed by atoms with Gasteiger partial charge < -0.3 is 14.8 Å². The van der Waals surface area contributed by atoms with Gasteiger partial charge in [-0.25, -0.2) is 0 Å². The molecule has 2 aromatic carbocycles. The van der Waals surface area contributed by atoms with Gasteiger partial charge in [0, 0.05) is 0 Å². The summed E-state index contributed by atoms with van der Waals surface area (Å²) in [6.45, 7) is 3.02. The molecular weight excluding hydrogens is 378 g/mol. The molecule has 3 rings (SSSR count). The lowest BCUT2D eigenvalue weighted by atomic mass is 9.74. The lowest BCUT2D eigenvalue weighted by molar-refractivity contribution is -0.152. The highest BCUT2D eigenvalue weighted by Gasteiger charge is 2.47. The molecule has 0 atom stereocenters. The van der Waals surface area contributed by atoms with Crippen LogP contribution in [0.25, 0.3) is 0 Å². The van der Waals surface area contributed by atoms with Crippen LogP contribution in [0.3, 0.4) is 0 Å². The Balaban J connectivity index is 1.95. The highest BCUT2D eigenvalue weighted by atomic mass is 32.2. The first-order valence-electron chi connectivity index (χ1n) is 9.25. The van der Waals surface area contributed by atoms with Crippen LogP contribution in [0.2, 0.25) is 0 Å². The summed E-state index contributed by atoms with van der Waals surface area (Å²) in [6, 6.07) is 16.1. The summed E-state index contributed by atoms with van der Waals surface area (Å²) in [6.07, 6.45) is 0.745. The predicted molar refractivity (Wildman–Crippen MR) is 107 cm³/mol. The first-order valence-corrected chi connectivity index (χ1v) is 10.3. The number of carbonyl (C=O) groups excluding carboxylic acids is 1. The number of rotatable bonds is 6. The second-order valence-corrected chi connectivity index (χ2v) is 7.43. The fraction of sp³-hybridized carbons (Fsp3) is 0.333. The van der Waals surface area contributed by atoms with E-state index < -0.39 is 21.7 Å². The zero-order chi connectivity index (χ0) is 20.0. The SMILES string of the molecule is CCOC(=O)C1(C(c2ccc(Oc3ccccc3)cc2)=S(=O)=O)CCNCC1. The van der Waals surface area contributed by atoms with Crippen LogP contribution < -0.4 is 10.1 Å². The Morgan fingerprint density at radius 3 is 2.18 bits per heavy atom. The first-order chi connectivity index (χ1) is 13.6. The number of hydrogen-bond donors (Lipinski definition) is 1. The summed E-state index contributed by atoms with van der Waals surface area (Å²) in [5.74, 6) is 0.787. The van der Waals surface area contributed by atoms with Crippen molar-refractivity contribution in [3.05, 3.63) is 60.2 Å². The number of piperidine rings is 1. The van der Waals surface area contributed by atoms with E-state index in [1.54, 1.807) is 31.2 Å². The summed E-state index contributed by atoms with van der Waals surface area (Å²) in [4.78, 5) is 12.9. The maximum Gasteiger partial charge on any atom is 0.317 e.